The molecule has 2 aliphatic heterocycles. The van der Waals surface area contributed by atoms with E-state index in [1.165, 1.54) is 7.11 Å². The quantitative estimate of drug-likeness (QED) is 0.549. The maximum atomic E-state index is 13.8. The molecule has 8 heteroatoms. The van der Waals surface area contributed by atoms with Crippen LogP contribution in [0.15, 0.2) is 30.3 Å². The predicted octanol–water partition coefficient (Wildman–Crippen LogP) is 2.91. The number of benzene rings is 1. The largest absolute Gasteiger partial charge is 0.465 e. The smallest absolute Gasteiger partial charge is 0.321 e. The summed E-state index contributed by atoms with van der Waals surface area (Å²) in [5, 5.41) is 2.98. The molecule has 1 saturated carbocycles. The maximum absolute atomic E-state index is 13.8. The minimum atomic E-state index is -2.06. The van der Waals surface area contributed by atoms with E-state index in [2.05, 4.69) is 25.0 Å². The lowest BCUT2D eigenvalue weighted by Gasteiger charge is -2.46. The molecule has 1 aliphatic carbocycles. The van der Waals surface area contributed by atoms with Crippen LogP contribution in [-0.2, 0) is 34.0 Å². The molecule has 1 N–H and O–H groups in total. The number of hydrogen-bond donors (Lipinski definition) is 1. The number of carbonyl (C=O) groups excluding carboxylic acids is 2. The van der Waals surface area contributed by atoms with Crippen LogP contribution in [0.4, 0.5) is 0 Å². The number of amides is 1. The molecule has 30 heavy (non-hydrogen) atoms. The third-order valence-corrected chi connectivity index (χ3v) is 7.49. The summed E-state index contributed by atoms with van der Waals surface area (Å²) < 4.78 is 24.7. The molecule has 0 spiro atoms. The zero-order valence-electron chi connectivity index (χ0n) is 18.3. The summed E-state index contributed by atoms with van der Waals surface area (Å²) in [5.74, 6) is -2.22. The Hall–Kier alpha value is -1.74. The van der Waals surface area contributed by atoms with Crippen LogP contribution in [0.2, 0.25) is 19.6 Å². The normalized spacial score (nSPS) is 37.6. The number of hydrogen-bond acceptors (Lipinski definition) is 6. The molecular formula is C22H31NO6Si. The molecule has 3 fully saturated rings. The molecule has 1 aromatic carbocycles. The van der Waals surface area contributed by atoms with Gasteiger partial charge >= 0.3 is 5.97 Å². The van der Waals surface area contributed by atoms with Crippen molar-refractivity contribution in [2.45, 2.75) is 63.4 Å². The second-order valence-electron chi connectivity index (χ2n) is 9.30. The summed E-state index contributed by atoms with van der Waals surface area (Å²) >= 11 is 0. The minimum Gasteiger partial charge on any atom is -0.465 e. The van der Waals surface area contributed by atoms with Crippen molar-refractivity contribution < 1.29 is 28.2 Å². The summed E-state index contributed by atoms with van der Waals surface area (Å²) in [4.78, 5) is 27.1. The fourth-order valence-electron chi connectivity index (χ4n) is 5.80. The molecule has 164 valence electrons. The summed E-state index contributed by atoms with van der Waals surface area (Å²) in [6, 6.07) is 9.34. The van der Waals surface area contributed by atoms with Crippen LogP contribution in [-0.4, -0.2) is 45.8 Å². The molecule has 0 radical (unpaired) electrons. The standard InChI is InChI=1S/C22H31NO6Si/c1-6-27-19(25)21-16-13-10-14-20(16,29-30(3,4)5)28-17(21)18(24)23-22(21,26-2)15-11-8-7-9-12-15/h7-9,11-12,16-17H,6,10,13-14H2,1-5H3,(H,23,24)/t16-,17-,20-,21-,22+/m1/s1. The summed E-state index contributed by atoms with van der Waals surface area (Å²) in [5.41, 5.74) is -2.09. The van der Waals surface area contributed by atoms with Crippen LogP contribution >= 0.6 is 0 Å². The monoisotopic (exact) mass is 433 g/mol. The Morgan fingerprint density at radius 3 is 2.57 bits per heavy atom. The average Bonchev–Trinajstić information content (AvgIpc) is 3.27. The molecule has 0 aromatic heterocycles. The lowest BCUT2D eigenvalue weighted by Crippen LogP contribution is -2.61. The van der Waals surface area contributed by atoms with E-state index in [-0.39, 0.29) is 18.4 Å². The van der Waals surface area contributed by atoms with E-state index in [1.807, 2.05) is 30.3 Å². The van der Waals surface area contributed by atoms with Crippen molar-refractivity contribution in [1.82, 2.24) is 5.32 Å². The molecule has 0 unspecified atom stereocenters. The van der Waals surface area contributed by atoms with Crippen LogP contribution < -0.4 is 5.32 Å². The second kappa shape index (κ2) is 7.15. The number of fused-ring (bicyclic) bond motifs is 3. The number of rotatable bonds is 6. The summed E-state index contributed by atoms with van der Waals surface area (Å²) in [6.45, 7) is 8.23. The van der Waals surface area contributed by atoms with E-state index in [0.717, 1.165) is 6.42 Å². The van der Waals surface area contributed by atoms with Crippen molar-refractivity contribution in [1.29, 1.82) is 0 Å². The molecule has 1 amide bonds. The highest BCUT2D eigenvalue weighted by Crippen LogP contribution is 2.67. The van der Waals surface area contributed by atoms with Crippen LogP contribution in [0.3, 0.4) is 0 Å². The van der Waals surface area contributed by atoms with Gasteiger partial charge in [-0.15, -0.1) is 0 Å². The van der Waals surface area contributed by atoms with Gasteiger partial charge in [0.1, 0.15) is 0 Å². The van der Waals surface area contributed by atoms with Crippen molar-refractivity contribution >= 4 is 20.2 Å². The Morgan fingerprint density at radius 2 is 1.97 bits per heavy atom. The highest BCUT2D eigenvalue weighted by atomic mass is 28.4. The van der Waals surface area contributed by atoms with Gasteiger partial charge in [0, 0.05) is 25.0 Å². The molecule has 5 atom stereocenters. The fourth-order valence-corrected chi connectivity index (χ4v) is 7.13. The first-order chi connectivity index (χ1) is 14.2. The van der Waals surface area contributed by atoms with Gasteiger partial charge in [-0.1, -0.05) is 30.3 Å². The number of nitrogens with one attached hydrogen (secondary N) is 1. The van der Waals surface area contributed by atoms with Gasteiger partial charge in [0.15, 0.2) is 31.3 Å². The van der Waals surface area contributed by atoms with Gasteiger partial charge < -0.3 is 24.0 Å². The van der Waals surface area contributed by atoms with E-state index in [1.54, 1.807) is 6.92 Å². The Balaban J connectivity index is 1.97. The summed E-state index contributed by atoms with van der Waals surface area (Å²) in [6.07, 6.45) is 1.12. The van der Waals surface area contributed by atoms with E-state index in [4.69, 9.17) is 18.6 Å². The Kier molecular flexibility index (Phi) is 5.12. The third-order valence-electron chi connectivity index (χ3n) is 6.53. The second-order valence-corrected chi connectivity index (χ2v) is 13.7. The molecule has 0 bridgehead atoms. The van der Waals surface area contributed by atoms with Gasteiger partial charge in [-0.2, -0.15) is 0 Å². The van der Waals surface area contributed by atoms with Gasteiger partial charge in [-0.25, -0.2) is 0 Å². The topological polar surface area (TPSA) is 83.1 Å². The van der Waals surface area contributed by atoms with Crippen LogP contribution in [0.25, 0.3) is 0 Å². The molecule has 7 nitrogen and oxygen atoms in total. The zero-order chi connectivity index (χ0) is 21.8. The highest BCUT2D eigenvalue weighted by Gasteiger charge is 2.83. The van der Waals surface area contributed by atoms with Gasteiger partial charge in [0.25, 0.3) is 5.91 Å². The first kappa shape index (κ1) is 21.5. The Morgan fingerprint density at radius 1 is 1.27 bits per heavy atom. The SMILES string of the molecule is CCOC(=O)[C@]12[C@H](O[C@@]3(O[Si](C)(C)C)CCC[C@H]31)C(=O)N[C@]2(OC)c1ccccc1. The van der Waals surface area contributed by atoms with Crippen LogP contribution in [0, 0.1) is 11.3 Å². The first-order valence-corrected chi connectivity index (χ1v) is 14.1. The fraction of sp³-hybridized carbons (Fsp3) is 0.636. The molecular weight excluding hydrogens is 402 g/mol. The molecule has 2 saturated heterocycles. The minimum absolute atomic E-state index is 0.199. The molecule has 2 heterocycles. The van der Waals surface area contributed by atoms with Crippen LogP contribution in [0.1, 0.15) is 31.7 Å². The maximum Gasteiger partial charge on any atom is 0.321 e. The van der Waals surface area contributed by atoms with E-state index in [0.29, 0.717) is 18.4 Å². The van der Waals surface area contributed by atoms with Crippen molar-refractivity contribution in [3.8, 4) is 0 Å². The Labute approximate surface area is 178 Å². The van der Waals surface area contributed by atoms with Gasteiger partial charge in [0.05, 0.1) is 6.61 Å². The van der Waals surface area contributed by atoms with Gasteiger partial charge in [-0.05, 0) is 39.4 Å². The van der Waals surface area contributed by atoms with Crippen molar-refractivity contribution in [3.05, 3.63) is 35.9 Å². The molecule has 3 aliphatic rings. The van der Waals surface area contributed by atoms with Gasteiger partial charge in [0.2, 0.25) is 0 Å². The van der Waals surface area contributed by atoms with E-state index in [9.17, 15) is 9.59 Å². The average molecular weight is 434 g/mol. The van der Waals surface area contributed by atoms with Gasteiger partial charge in [-0.3, -0.25) is 9.59 Å². The van der Waals surface area contributed by atoms with Crippen molar-refractivity contribution in [2.24, 2.45) is 11.3 Å². The van der Waals surface area contributed by atoms with Crippen molar-refractivity contribution in [3.63, 3.8) is 0 Å². The predicted molar refractivity (Wildman–Crippen MR) is 112 cm³/mol. The van der Waals surface area contributed by atoms with Crippen molar-refractivity contribution in [2.75, 3.05) is 13.7 Å². The van der Waals surface area contributed by atoms with E-state index < -0.39 is 37.3 Å². The zero-order valence-corrected chi connectivity index (χ0v) is 19.3. The lowest BCUT2D eigenvalue weighted by molar-refractivity contribution is -0.199. The number of carbonyl (C=O) groups is 2. The Bertz CT molecular complexity index is 842. The molecule has 4 rings (SSSR count). The lowest BCUT2D eigenvalue weighted by atomic mass is 9.64. The first-order valence-electron chi connectivity index (χ1n) is 10.6. The number of methoxy groups -OCH3 is 1. The summed E-state index contributed by atoms with van der Waals surface area (Å²) in [7, 11) is -0.540. The third kappa shape index (κ3) is 2.74. The number of ether oxygens (including phenoxy) is 3. The number of esters is 1. The molecule has 1 aromatic rings. The highest BCUT2D eigenvalue weighted by molar-refractivity contribution is 6.69. The van der Waals surface area contributed by atoms with Crippen LogP contribution in [0.5, 0.6) is 0 Å². The van der Waals surface area contributed by atoms with E-state index >= 15 is 0 Å².